The summed E-state index contributed by atoms with van der Waals surface area (Å²) in [5, 5.41) is 7.81. The van der Waals surface area contributed by atoms with Crippen molar-refractivity contribution in [2.45, 2.75) is 17.0 Å². The summed E-state index contributed by atoms with van der Waals surface area (Å²) in [6.45, 7) is 2.11. The summed E-state index contributed by atoms with van der Waals surface area (Å²) in [7, 11) is 0. The Bertz CT molecular complexity index is 709. The van der Waals surface area contributed by atoms with E-state index in [1.165, 1.54) is 22.5 Å². The van der Waals surface area contributed by atoms with E-state index in [4.69, 9.17) is 11.6 Å². The van der Waals surface area contributed by atoms with Crippen LogP contribution >= 0.6 is 34.7 Å². The van der Waals surface area contributed by atoms with E-state index in [1.54, 1.807) is 24.3 Å². The molecule has 0 fully saturated rings. The van der Waals surface area contributed by atoms with Crippen molar-refractivity contribution in [1.29, 1.82) is 0 Å². The average molecular weight is 323 g/mol. The average Bonchev–Trinajstić information content (AvgIpc) is 3.08. The first kappa shape index (κ1) is 13.6. The van der Waals surface area contributed by atoms with E-state index >= 15 is 0 Å². The number of hydrogen-bond donors (Lipinski definition) is 0. The quantitative estimate of drug-likeness (QED) is 0.681. The molecule has 0 bridgehead atoms. The lowest BCUT2D eigenvalue weighted by atomic mass is 10.1. The van der Waals surface area contributed by atoms with Crippen LogP contribution in [0.4, 0.5) is 0 Å². The highest BCUT2D eigenvalue weighted by atomic mass is 35.5. The smallest absolute Gasteiger partial charge is 0.208 e. The molecule has 4 nitrogen and oxygen atoms in total. The van der Waals surface area contributed by atoms with Gasteiger partial charge in [0.25, 0.3) is 0 Å². The largest absolute Gasteiger partial charge is 0.306 e. The van der Waals surface area contributed by atoms with Crippen LogP contribution in [-0.4, -0.2) is 19.7 Å². The second-order valence-corrected chi connectivity index (χ2v) is 6.97. The van der Waals surface area contributed by atoms with Gasteiger partial charge < -0.3 is 4.57 Å². The zero-order valence-electron chi connectivity index (χ0n) is 10.7. The zero-order chi connectivity index (χ0) is 13.9. The van der Waals surface area contributed by atoms with Crippen LogP contribution in [0.2, 0.25) is 4.47 Å². The summed E-state index contributed by atoms with van der Waals surface area (Å²) in [4.78, 5) is 4.06. The zero-order valence-corrected chi connectivity index (χ0v) is 13.0. The molecule has 0 amide bonds. The van der Waals surface area contributed by atoms with E-state index in [-0.39, 0.29) is 0 Å². The molecule has 3 rings (SSSR count). The molecule has 0 radical (unpaired) electrons. The minimum atomic E-state index is 0.486. The highest BCUT2D eigenvalue weighted by Gasteiger charge is 2.06. The number of aromatic nitrogens is 4. The van der Waals surface area contributed by atoms with E-state index in [1.807, 2.05) is 10.8 Å². The Hall–Kier alpha value is -1.37. The number of aryl methyl sites for hydroxylation is 1. The van der Waals surface area contributed by atoms with Gasteiger partial charge in [0, 0.05) is 23.8 Å². The van der Waals surface area contributed by atoms with Gasteiger partial charge in [-0.2, -0.15) is 0 Å². The monoisotopic (exact) mass is 322 g/mol. The number of hydrogen-bond acceptors (Lipinski definition) is 5. The summed E-state index contributed by atoms with van der Waals surface area (Å²) in [5.41, 5.74) is 3.65. The first-order valence-electron chi connectivity index (χ1n) is 5.92. The molecular weight excluding hydrogens is 312 g/mol. The topological polar surface area (TPSA) is 43.6 Å². The number of rotatable bonds is 4. The van der Waals surface area contributed by atoms with Crippen molar-refractivity contribution in [3.8, 4) is 5.69 Å². The molecule has 0 aliphatic carbocycles. The Morgan fingerprint density at radius 3 is 2.90 bits per heavy atom. The Balaban J connectivity index is 1.74. The molecule has 2 aromatic heterocycles. The fourth-order valence-corrected chi connectivity index (χ4v) is 3.86. The standard InChI is InChI=1S/C13H11ClN4S2/c1-9-6-11(18-5-4-15-8-18)3-2-10(9)7-19-13-17-16-12(14)20-13/h2-6,8H,7H2,1H3. The number of halogens is 1. The lowest BCUT2D eigenvalue weighted by molar-refractivity contribution is 1.01. The molecule has 0 spiro atoms. The van der Waals surface area contributed by atoms with Gasteiger partial charge in [0.1, 0.15) is 0 Å². The molecule has 102 valence electrons. The first-order chi connectivity index (χ1) is 9.72. The van der Waals surface area contributed by atoms with E-state index in [9.17, 15) is 0 Å². The van der Waals surface area contributed by atoms with Gasteiger partial charge in [0.15, 0.2) is 4.34 Å². The second kappa shape index (κ2) is 5.95. The molecule has 0 unspecified atom stereocenters. The van der Waals surface area contributed by atoms with E-state index in [0.717, 1.165) is 15.8 Å². The summed E-state index contributed by atoms with van der Waals surface area (Å²) in [5.74, 6) is 0.863. The van der Waals surface area contributed by atoms with Crippen molar-refractivity contribution in [3.05, 3.63) is 52.5 Å². The van der Waals surface area contributed by atoms with Crippen LogP contribution in [0.15, 0.2) is 41.3 Å². The molecule has 0 aliphatic heterocycles. The predicted molar refractivity (Wildman–Crippen MR) is 82.8 cm³/mol. The van der Waals surface area contributed by atoms with Gasteiger partial charge in [-0.1, -0.05) is 29.2 Å². The highest BCUT2D eigenvalue weighted by molar-refractivity contribution is 8.00. The van der Waals surface area contributed by atoms with Crippen LogP contribution in [0.3, 0.4) is 0 Å². The molecule has 0 aliphatic rings. The third-order valence-corrected chi connectivity index (χ3v) is 5.06. The van der Waals surface area contributed by atoms with Crippen molar-refractivity contribution in [2.75, 3.05) is 0 Å². The molecule has 7 heteroatoms. The van der Waals surface area contributed by atoms with Gasteiger partial charge in [-0.05, 0) is 41.8 Å². The molecule has 0 N–H and O–H groups in total. The van der Waals surface area contributed by atoms with Gasteiger partial charge in [0.2, 0.25) is 4.47 Å². The summed E-state index contributed by atoms with van der Waals surface area (Å²) >= 11 is 8.84. The molecule has 0 saturated heterocycles. The van der Waals surface area contributed by atoms with E-state index in [2.05, 4.69) is 40.3 Å². The maximum Gasteiger partial charge on any atom is 0.208 e. The third kappa shape index (κ3) is 3.03. The SMILES string of the molecule is Cc1cc(-n2ccnc2)ccc1CSc1nnc(Cl)s1. The normalized spacial score (nSPS) is 10.9. The van der Waals surface area contributed by atoms with Crippen LogP contribution in [0.5, 0.6) is 0 Å². The van der Waals surface area contributed by atoms with Crippen molar-refractivity contribution < 1.29 is 0 Å². The summed E-state index contributed by atoms with van der Waals surface area (Å²) in [6, 6.07) is 6.39. The third-order valence-electron chi connectivity index (χ3n) is 2.86. The van der Waals surface area contributed by atoms with Crippen LogP contribution < -0.4 is 0 Å². The first-order valence-corrected chi connectivity index (χ1v) is 8.10. The Kier molecular flexibility index (Phi) is 4.05. The fraction of sp³-hybridized carbons (Fsp3) is 0.154. The maximum atomic E-state index is 5.77. The molecule has 1 aromatic carbocycles. The van der Waals surface area contributed by atoms with E-state index < -0.39 is 0 Å². The molecule has 0 saturated carbocycles. The van der Waals surface area contributed by atoms with E-state index in [0.29, 0.717) is 4.47 Å². The minimum Gasteiger partial charge on any atom is -0.306 e. The molecule has 20 heavy (non-hydrogen) atoms. The lowest BCUT2D eigenvalue weighted by Gasteiger charge is -2.08. The number of benzene rings is 1. The van der Waals surface area contributed by atoms with Crippen molar-refractivity contribution in [3.63, 3.8) is 0 Å². The van der Waals surface area contributed by atoms with Gasteiger partial charge in [-0.25, -0.2) is 4.98 Å². The van der Waals surface area contributed by atoms with Crippen LogP contribution in [-0.2, 0) is 5.75 Å². The Morgan fingerprint density at radius 1 is 1.35 bits per heavy atom. The number of thioether (sulfide) groups is 1. The van der Waals surface area contributed by atoms with Gasteiger partial charge in [-0.15, -0.1) is 10.2 Å². The molecular formula is C13H11ClN4S2. The Morgan fingerprint density at radius 2 is 2.25 bits per heavy atom. The van der Waals surface area contributed by atoms with Crippen LogP contribution in [0.1, 0.15) is 11.1 Å². The van der Waals surface area contributed by atoms with Crippen LogP contribution in [0, 0.1) is 6.92 Å². The lowest BCUT2D eigenvalue weighted by Crippen LogP contribution is -1.93. The highest BCUT2D eigenvalue weighted by Crippen LogP contribution is 2.29. The fourth-order valence-electron chi connectivity index (χ4n) is 1.81. The predicted octanol–water partition coefficient (Wildman–Crippen LogP) is 3.98. The van der Waals surface area contributed by atoms with Gasteiger partial charge in [-0.3, -0.25) is 0 Å². The number of nitrogens with zero attached hydrogens (tertiary/aromatic N) is 4. The van der Waals surface area contributed by atoms with Crippen LogP contribution in [0.25, 0.3) is 5.69 Å². The summed E-state index contributed by atoms with van der Waals surface area (Å²) < 4.78 is 3.38. The van der Waals surface area contributed by atoms with Crippen molar-refractivity contribution >= 4 is 34.7 Å². The number of imidazole rings is 1. The Labute approximate surface area is 129 Å². The van der Waals surface area contributed by atoms with Crippen molar-refractivity contribution in [1.82, 2.24) is 19.7 Å². The second-order valence-electron chi connectivity index (χ2n) is 4.19. The molecule has 0 atom stereocenters. The molecule has 3 aromatic rings. The van der Waals surface area contributed by atoms with Gasteiger partial charge >= 0.3 is 0 Å². The minimum absolute atomic E-state index is 0.486. The summed E-state index contributed by atoms with van der Waals surface area (Å²) in [6.07, 6.45) is 5.51. The molecule has 2 heterocycles. The van der Waals surface area contributed by atoms with Gasteiger partial charge in [0.05, 0.1) is 6.33 Å². The van der Waals surface area contributed by atoms with Crippen molar-refractivity contribution in [2.24, 2.45) is 0 Å². The maximum absolute atomic E-state index is 5.77.